The van der Waals surface area contributed by atoms with Crippen LogP contribution in [-0.4, -0.2) is 35.6 Å². The van der Waals surface area contributed by atoms with Crippen molar-refractivity contribution in [2.45, 2.75) is 25.7 Å². The highest BCUT2D eigenvalue weighted by Crippen LogP contribution is 2.34. The molecule has 0 aliphatic carbocycles. The average molecular weight is 247 g/mol. The highest BCUT2D eigenvalue weighted by atomic mass is 16.4. The van der Waals surface area contributed by atoms with Gasteiger partial charge in [-0.05, 0) is 30.4 Å². The van der Waals surface area contributed by atoms with Crippen molar-refractivity contribution in [3.63, 3.8) is 0 Å². The molecule has 1 fully saturated rings. The van der Waals surface area contributed by atoms with Crippen molar-refractivity contribution in [2.24, 2.45) is 5.92 Å². The standard InChI is InChI=1S/C15H21NO2/c1-2-12-10-16(11-15(17)18)9-8-14(12)13-6-4-3-5-7-13/h3-7,12,14H,2,8-11H2,1H3,(H,17,18)/t12-,14-/m0/s1. The van der Waals surface area contributed by atoms with Gasteiger partial charge in [0.05, 0.1) is 6.54 Å². The Morgan fingerprint density at radius 3 is 2.72 bits per heavy atom. The zero-order chi connectivity index (χ0) is 13.0. The van der Waals surface area contributed by atoms with Gasteiger partial charge in [-0.15, -0.1) is 0 Å². The molecular formula is C15H21NO2. The molecule has 0 unspecified atom stereocenters. The lowest BCUT2D eigenvalue weighted by Crippen LogP contribution is -2.41. The molecule has 1 saturated heterocycles. The first-order valence-corrected chi connectivity index (χ1v) is 6.69. The van der Waals surface area contributed by atoms with E-state index in [1.165, 1.54) is 5.56 Å². The lowest BCUT2D eigenvalue weighted by Gasteiger charge is -2.37. The summed E-state index contributed by atoms with van der Waals surface area (Å²) in [6.07, 6.45) is 2.17. The Balaban J connectivity index is 2.04. The van der Waals surface area contributed by atoms with Gasteiger partial charge in [0.25, 0.3) is 0 Å². The second kappa shape index (κ2) is 6.01. The fraction of sp³-hybridized carbons (Fsp3) is 0.533. The number of carbonyl (C=O) groups is 1. The minimum Gasteiger partial charge on any atom is -0.480 e. The van der Waals surface area contributed by atoms with Crippen molar-refractivity contribution in [3.05, 3.63) is 35.9 Å². The highest BCUT2D eigenvalue weighted by Gasteiger charge is 2.29. The van der Waals surface area contributed by atoms with Crippen LogP contribution in [0.1, 0.15) is 31.2 Å². The Morgan fingerprint density at radius 2 is 2.11 bits per heavy atom. The topological polar surface area (TPSA) is 40.5 Å². The Hall–Kier alpha value is -1.35. The number of benzene rings is 1. The lowest BCUT2D eigenvalue weighted by molar-refractivity contribution is -0.138. The molecule has 1 aromatic carbocycles. The summed E-state index contributed by atoms with van der Waals surface area (Å²) in [5.74, 6) is 0.435. The summed E-state index contributed by atoms with van der Waals surface area (Å²) >= 11 is 0. The van der Waals surface area contributed by atoms with E-state index >= 15 is 0 Å². The Morgan fingerprint density at radius 1 is 1.39 bits per heavy atom. The van der Waals surface area contributed by atoms with E-state index in [0.717, 1.165) is 25.9 Å². The van der Waals surface area contributed by atoms with Crippen molar-refractivity contribution < 1.29 is 9.90 Å². The zero-order valence-corrected chi connectivity index (χ0v) is 10.9. The number of likely N-dealkylation sites (tertiary alicyclic amines) is 1. The summed E-state index contributed by atoms with van der Waals surface area (Å²) < 4.78 is 0. The van der Waals surface area contributed by atoms with Crippen LogP contribution in [0.25, 0.3) is 0 Å². The molecule has 1 N–H and O–H groups in total. The first kappa shape index (κ1) is 13.1. The molecule has 98 valence electrons. The molecule has 0 bridgehead atoms. The molecule has 3 nitrogen and oxygen atoms in total. The molecule has 2 atom stereocenters. The van der Waals surface area contributed by atoms with Crippen molar-refractivity contribution in [1.82, 2.24) is 4.90 Å². The van der Waals surface area contributed by atoms with Crippen LogP contribution in [0.2, 0.25) is 0 Å². The van der Waals surface area contributed by atoms with Crippen LogP contribution in [0.3, 0.4) is 0 Å². The molecule has 2 rings (SSSR count). The van der Waals surface area contributed by atoms with Crippen molar-refractivity contribution in [1.29, 1.82) is 0 Å². The number of nitrogens with zero attached hydrogens (tertiary/aromatic N) is 1. The summed E-state index contributed by atoms with van der Waals surface area (Å²) in [6, 6.07) is 10.6. The van der Waals surface area contributed by atoms with Crippen molar-refractivity contribution in [3.8, 4) is 0 Å². The van der Waals surface area contributed by atoms with E-state index in [0.29, 0.717) is 11.8 Å². The van der Waals surface area contributed by atoms with Gasteiger partial charge in [-0.3, -0.25) is 9.69 Å². The summed E-state index contributed by atoms with van der Waals surface area (Å²) in [4.78, 5) is 12.8. The monoisotopic (exact) mass is 247 g/mol. The zero-order valence-electron chi connectivity index (χ0n) is 10.9. The molecule has 0 radical (unpaired) electrons. The molecule has 0 saturated carbocycles. The molecule has 3 heteroatoms. The van der Waals surface area contributed by atoms with Crippen molar-refractivity contribution in [2.75, 3.05) is 19.6 Å². The van der Waals surface area contributed by atoms with Gasteiger partial charge in [0.1, 0.15) is 0 Å². The molecule has 1 aliphatic rings. The van der Waals surface area contributed by atoms with E-state index < -0.39 is 5.97 Å². The number of carboxylic acid groups (broad SMARTS) is 1. The number of piperidine rings is 1. The Labute approximate surface area is 108 Å². The second-order valence-corrected chi connectivity index (χ2v) is 5.10. The summed E-state index contributed by atoms with van der Waals surface area (Å²) in [7, 11) is 0. The van der Waals surface area contributed by atoms with Crippen LogP contribution in [-0.2, 0) is 4.79 Å². The first-order valence-electron chi connectivity index (χ1n) is 6.69. The fourth-order valence-electron chi connectivity index (χ4n) is 3.00. The molecule has 0 aromatic heterocycles. The van der Waals surface area contributed by atoms with Crippen LogP contribution in [0.4, 0.5) is 0 Å². The van der Waals surface area contributed by atoms with Gasteiger partial charge >= 0.3 is 5.97 Å². The largest absolute Gasteiger partial charge is 0.480 e. The van der Waals surface area contributed by atoms with Gasteiger partial charge < -0.3 is 5.11 Å². The Bertz CT molecular complexity index is 391. The second-order valence-electron chi connectivity index (χ2n) is 5.10. The third-order valence-corrected chi connectivity index (χ3v) is 3.93. The molecule has 0 amide bonds. The predicted octanol–water partition coefficient (Wildman–Crippen LogP) is 2.59. The fourth-order valence-corrected chi connectivity index (χ4v) is 3.00. The minimum absolute atomic E-state index is 0.179. The number of hydrogen-bond donors (Lipinski definition) is 1. The predicted molar refractivity (Wildman–Crippen MR) is 71.7 cm³/mol. The van der Waals surface area contributed by atoms with Gasteiger partial charge in [-0.25, -0.2) is 0 Å². The van der Waals surface area contributed by atoms with E-state index in [2.05, 4.69) is 36.1 Å². The van der Waals surface area contributed by atoms with Crippen LogP contribution >= 0.6 is 0 Å². The average Bonchev–Trinajstić information content (AvgIpc) is 2.39. The van der Waals surface area contributed by atoms with Crippen LogP contribution < -0.4 is 0 Å². The highest BCUT2D eigenvalue weighted by molar-refractivity contribution is 5.69. The Kier molecular flexibility index (Phi) is 4.37. The van der Waals surface area contributed by atoms with Crippen LogP contribution in [0.5, 0.6) is 0 Å². The number of aliphatic carboxylic acids is 1. The first-order chi connectivity index (χ1) is 8.70. The van der Waals surface area contributed by atoms with Crippen LogP contribution in [0.15, 0.2) is 30.3 Å². The quantitative estimate of drug-likeness (QED) is 0.889. The maximum absolute atomic E-state index is 10.8. The van der Waals surface area contributed by atoms with Crippen molar-refractivity contribution >= 4 is 5.97 Å². The van der Waals surface area contributed by atoms with Gasteiger partial charge in [0, 0.05) is 6.54 Å². The van der Waals surface area contributed by atoms with E-state index in [1.807, 2.05) is 6.07 Å². The molecule has 1 aliphatic heterocycles. The smallest absolute Gasteiger partial charge is 0.317 e. The molecule has 1 aromatic rings. The molecule has 0 spiro atoms. The summed E-state index contributed by atoms with van der Waals surface area (Å²) in [5, 5.41) is 8.87. The van der Waals surface area contributed by atoms with E-state index in [-0.39, 0.29) is 6.54 Å². The summed E-state index contributed by atoms with van der Waals surface area (Å²) in [5.41, 5.74) is 1.40. The minimum atomic E-state index is -0.719. The number of carboxylic acids is 1. The third kappa shape index (κ3) is 3.10. The molecule has 18 heavy (non-hydrogen) atoms. The maximum atomic E-state index is 10.8. The summed E-state index contributed by atoms with van der Waals surface area (Å²) in [6.45, 7) is 4.17. The molecule has 1 heterocycles. The molecular weight excluding hydrogens is 226 g/mol. The SMILES string of the molecule is CC[C@H]1CN(CC(=O)O)CC[C@@H]1c1ccccc1. The van der Waals surface area contributed by atoms with Gasteiger partial charge in [-0.1, -0.05) is 43.7 Å². The normalized spacial score (nSPS) is 24.9. The number of hydrogen-bond acceptors (Lipinski definition) is 2. The van der Waals surface area contributed by atoms with Gasteiger partial charge in [0.2, 0.25) is 0 Å². The van der Waals surface area contributed by atoms with Gasteiger partial charge in [0.15, 0.2) is 0 Å². The lowest BCUT2D eigenvalue weighted by atomic mass is 9.79. The van der Waals surface area contributed by atoms with E-state index in [1.54, 1.807) is 0 Å². The van der Waals surface area contributed by atoms with Gasteiger partial charge in [-0.2, -0.15) is 0 Å². The van der Waals surface area contributed by atoms with Crippen LogP contribution in [0, 0.1) is 5.92 Å². The maximum Gasteiger partial charge on any atom is 0.317 e. The van der Waals surface area contributed by atoms with E-state index in [4.69, 9.17) is 5.11 Å². The van der Waals surface area contributed by atoms with E-state index in [9.17, 15) is 4.79 Å². The third-order valence-electron chi connectivity index (χ3n) is 3.93. The number of rotatable bonds is 4.